The van der Waals surface area contributed by atoms with Gasteiger partial charge in [0.1, 0.15) is 0 Å². The van der Waals surface area contributed by atoms with Crippen molar-refractivity contribution < 1.29 is 14.6 Å². The van der Waals surface area contributed by atoms with E-state index in [1.807, 2.05) is 12.1 Å². The zero-order valence-electron chi connectivity index (χ0n) is 10.6. The van der Waals surface area contributed by atoms with Crippen LogP contribution in [0.2, 0.25) is 0 Å². The molecule has 1 heterocycles. The molecule has 1 atom stereocenters. The minimum absolute atomic E-state index is 0.355. The number of rotatable bonds is 5. The molecule has 4 heteroatoms. The molecule has 1 N–H and O–H groups in total. The molecule has 1 aromatic carbocycles. The molecular formula is C14H19NO3. The van der Waals surface area contributed by atoms with Crippen molar-refractivity contribution >= 4 is 5.97 Å². The maximum atomic E-state index is 10.8. The normalized spacial score (nSPS) is 20.2. The number of carboxylic acids is 1. The molecule has 0 spiro atoms. The molecule has 98 valence electrons. The Hall–Kier alpha value is -1.39. The highest BCUT2D eigenvalue weighted by Gasteiger charge is 2.23. The van der Waals surface area contributed by atoms with Crippen LogP contribution >= 0.6 is 0 Å². The summed E-state index contributed by atoms with van der Waals surface area (Å²) in [6.45, 7) is 3.87. The first-order valence-electron chi connectivity index (χ1n) is 6.25. The second-order valence-corrected chi connectivity index (χ2v) is 4.71. The van der Waals surface area contributed by atoms with Crippen molar-refractivity contribution in [3.63, 3.8) is 0 Å². The smallest absolute Gasteiger partial charge is 0.335 e. The van der Waals surface area contributed by atoms with Crippen molar-refractivity contribution in [1.29, 1.82) is 0 Å². The van der Waals surface area contributed by atoms with Crippen LogP contribution in [-0.4, -0.2) is 49.3 Å². The lowest BCUT2D eigenvalue weighted by Gasteiger charge is -2.15. The van der Waals surface area contributed by atoms with Crippen molar-refractivity contribution in [2.45, 2.75) is 12.3 Å². The molecule has 1 fully saturated rings. The van der Waals surface area contributed by atoms with Crippen molar-refractivity contribution in [3.8, 4) is 0 Å². The van der Waals surface area contributed by atoms with Gasteiger partial charge in [0.25, 0.3) is 0 Å². The van der Waals surface area contributed by atoms with Crippen LogP contribution in [0.25, 0.3) is 0 Å². The van der Waals surface area contributed by atoms with E-state index in [1.54, 1.807) is 19.2 Å². The summed E-state index contributed by atoms with van der Waals surface area (Å²) >= 11 is 0. The Bertz CT molecular complexity index is 402. The monoisotopic (exact) mass is 249 g/mol. The van der Waals surface area contributed by atoms with Crippen LogP contribution in [0.3, 0.4) is 0 Å². The van der Waals surface area contributed by atoms with E-state index >= 15 is 0 Å². The van der Waals surface area contributed by atoms with Crippen LogP contribution in [0.15, 0.2) is 24.3 Å². The second kappa shape index (κ2) is 5.98. The third kappa shape index (κ3) is 3.09. The minimum Gasteiger partial charge on any atom is -0.478 e. The molecular weight excluding hydrogens is 230 g/mol. The molecule has 0 bridgehead atoms. The summed E-state index contributed by atoms with van der Waals surface area (Å²) in [4.78, 5) is 13.2. The van der Waals surface area contributed by atoms with E-state index in [2.05, 4.69) is 4.90 Å². The standard InChI is InChI=1S/C14H19NO3/c1-18-9-8-15-7-6-13(10-15)11-2-4-12(5-3-11)14(16)17/h2-5,13H,6-10H2,1H3,(H,16,17). The summed E-state index contributed by atoms with van der Waals surface area (Å²) in [5.74, 6) is -0.348. The van der Waals surface area contributed by atoms with Gasteiger partial charge in [-0.25, -0.2) is 4.79 Å². The molecule has 2 rings (SSSR count). The van der Waals surface area contributed by atoms with Crippen LogP contribution in [-0.2, 0) is 4.74 Å². The largest absolute Gasteiger partial charge is 0.478 e. The van der Waals surface area contributed by atoms with Gasteiger partial charge in [-0.1, -0.05) is 12.1 Å². The Morgan fingerprint density at radius 1 is 1.44 bits per heavy atom. The van der Waals surface area contributed by atoms with Crippen molar-refractivity contribution in [3.05, 3.63) is 35.4 Å². The van der Waals surface area contributed by atoms with E-state index in [4.69, 9.17) is 9.84 Å². The summed E-state index contributed by atoms with van der Waals surface area (Å²) < 4.78 is 5.08. The summed E-state index contributed by atoms with van der Waals surface area (Å²) in [7, 11) is 1.72. The minimum atomic E-state index is -0.866. The van der Waals surface area contributed by atoms with Gasteiger partial charge in [0.2, 0.25) is 0 Å². The number of aromatic carboxylic acids is 1. The molecule has 1 aliphatic heterocycles. The summed E-state index contributed by atoms with van der Waals surface area (Å²) in [6, 6.07) is 7.26. The molecule has 0 amide bonds. The molecule has 0 aromatic heterocycles. The van der Waals surface area contributed by atoms with Gasteiger partial charge in [-0.05, 0) is 36.6 Å². The summed E-state index contributed by atoms with van der Waals surface area (Å²) in [5.41, 5.74) is 1.59. The molecule has 1 saturated heterocycles. The van der Waals surface area contributed by atoms with Gasteiger partial charge in [-0.2, -0.15) is 0 Å². The van der Waals surface area contributed by atoms with E-state index in [0.717, 1.165) is 32.7 Å². The Morgan fingerprint density at radius 3 is 2.78 bits per heavy atom. The van der Waals surface area contributed by atoms with Crippen molar-refractivity contribution in [2.75, 3.05) is 33.4 Å². The van der Waals surface area contributed by atoms with E-state index < -0.39 is 5.97 Å². The van der Waals surface area contributed by atoms with Gasteiger partial charge in [0, 0.05) is 20.2 Å². The van der Waals surface area contributed by atoms with Crippen molar-refractivity contribution in [1.82, 2.24) is 4.90 Å². The number of hydrogen-bond donors (Lipinski definition) is 1. The maximum Gasteiger partial charge on any atom is 0.335 e. The van der Waals surface area contributed by atoms with Gasteiger partial charge in [-0.3, -0.25) is 0 Å². The highest BCUT2D eigenvalue weighted by atomic mass is 16.5. The number of likely N-dealkylation sites (tertiary alicyclic amines) is 1. The Morgan fingerprint density at radius 2 is 2.17 bits per heavy atom. The van der Waals surface area contributed by atoms with Crippen LogP contribution in [0.4, 0.5) is 0 Å². The number of carboxylic acid groups (broad SMARTS) is 1. The second-order valence-electron chi connectivity index (χ2n) is 4.71. The number of benzene rings is 1. The van der Waals surface area contributed by atoms with Gasteiger partial charge in [0.15, 0.2) is 0 Å². The zero-order valence-corrected chi connectivity index (χ0v) is 10.6. The van der Waals surface area contributed by atoms with Gasteiger partial charge in [0.05, 0.1) is 12.2 Å². The molecule has 4 nitrogen and oxygen atoms in total. The number of carbonyl (C=O) groups is 1. The highest BCUT2D eigenvalue weighted by molar-refractivity contribution is 5.87. The predicted molar refractivity (Wildman–Crippen MR) is 69.1 cm³/mol. The van der Waals surface area contributed by atoms with E-state index in [9.17, 15) is 4.79 Å². The fraction of sp³-hybridized carbons (Fsp3) is 0.500. The first-order valence-corrected chi connectivity index (χ1v) is 6.25. The van der Waals surface area contributed by atoms with Gasteiger partial charge < -0.3 is 14.7 Å². The Labute approximate surface area is 107 Å². The topological polar surface area (TPSA) is 49.8 Å². The Balaban J connectivity index is 1.94. The van der Waals surface area contributed by atoms with Crippen LogP contribution in [0, 0.1) is 0 Å². The SMILES string of the molecule is COCCN1CCC(c2ccc(C(=O)O)cc2)C1. The third-order valence-corrected chi connectivity index (χ3v) is 3.51. The molecule has 0 saturated carbocycles. The van der Waals surface area contributed by atoms with Crippen LogP contribution in [0.1, 0.15) is 28.3 Å². The summed E-state index contributed by atoms with van der Waals surface area (Å²) in [6.07, 6.45) is 1.14. The van der Waals surface area contributed by atoms with Crippen LogP contribution in [0.5, 0.6) is 0 Å². The fourth-order valence-electron chi connectivity index (χ4n) is 2.43. The lowest BCUT2D eigenvalue weighted by atomic mass is 9.97. The predicted octanol–water partition coefficient (Wildman–Crippen LogP) is 1.82. The molecule has 1 aromatic rings. The maximum absolute atomic E-state index is 10.8. The third-order valence-electron chi connectivity index (χ3n) is 3.51. The average molecular weight is 249 g/mol. The number of ether oxygens (including phenoxy) is 1. The highest BCUT2D eigenvalue weighted by Crippen LogP contribution is 2.27. The molecule has 0 aliphatic carbocycles. The van der Waals surface area contributed by atoms with E-state index in [0.29, 0.717) is 11.5 Å². The quantitative estimate of drug-likeness (QED) is 0.864. The zero-order chi connectivity index (χ0) is 13.0. The van der Waals surface area contributed by atoms with E-state index in [-0.39, 0.29) is 0 Å². The molecule has 0 radical (unpaired) electrons. The van der Waals surface area contributed by atoms with Gasteiger partial charge in [-0.15, -0.1) is 0 Å². The fourth-order valence-corrected chi connectivity index (χ4v) is 2.43. The summed E-state index contributed by atoms with van der Waals surface area (Å²) in [5, 5.41) is 8.86. The van der Waals surface area contributed by atoms with Crippen LogP contribution < -0.4 is 0 Å². The molecule has 1 unspecified atom stereocenters. The average Bonchev–Trinajstić information content (AvgIpc) is 2.85. The number of nitrogens with zero attached hydrogens (tertiary/aromatic N) is 1. The molecule has 18 heavy (non-hydrogen) atoms. The van der Waals surface area contributed by atoms with E-state index in [1.165, 1.54) is 5.56 Å². The van der Waals surface area contributed by atoms with Crippen molar-refractivity contribution in [2.24, 2.45) is 0 Å². The Kier molecular flexibility index (Phi) is 4.33. The number of methoxy groups -OCH3 is 1. The first kappa shape index (κ1) is 13.1. The number of hydrogen-bond acceptors (Lipinski definition) is 3. The van der Waals surface area contributed by atoms with Gasteiger partial charge >= 0.3 is 5.97 Å². The lowest BCUT2D eigenvalue weighted by Crippen LogP contribution is -2.24. The first-order chi connectivity index (χ1) is 8.70. The molecule has 1 aliphatic rings. The lowest BCUT2D eigenvalue weighted by molar-refractivity contribution is 0.0697.